The highest BCUT2D eigenvalue weighted by molar-refractivity contribution is 5.78. The molecular formula is C15H23N3. The van der Waals surface area contributed by atoms with Crippen molar-refractivity contribution in [1.29, 1.82) is 0 Å². The fourth-order valence-corrected chi connectivity index (χ4v) is 2.09. The first-order valence-electron chi connectivity index (χ1n) is 6.62. The molecule has 1 heterocycles. The molecule has 0 saturated carbocycles. The smallest absolute Gasteiger partial charge is 0.0682 e. The van der Waals surface area contributed by atoms with Gasteiger partial charge in [-0.3, -0.25) is 4.68 Å². The molecule has 0 unspecified atom stereocenters. The lowest BCUT2D eigenvalue weighted by atomic mass is 9.93. The molecule has 1 aromatic heterocycles. The summed E-state index contributed by atoms with van der Waals surface area (Å²) in [4.78, 5) is 0. The van der Waals surface area contributed by atoms with E-state index in [2.05, 4.69) is 67.1 Å². The zero-order valence-corrected chi connectivity index (χ0v) is 11.8. The van der Waals surface area contributed by atoms with Crippen LogP contribution in [0.15, 0.2) is 30.5 Å². The second-order valence-electron chi connectivity index (χ2n) is 6.06. The maximum atomic E-state index is 4.50. The van der Waals surface area contributed by atoms with Gasteiger partial charge < -0.3 is 5.32 Å². The summed E-state index contributed by atoms with van der Waals surface area (Å²) in [6, 6.07) is 8.89. The highest BCUT2D eigenvalue weighted by atomic mass is 15.3. The van der Waals surface area contributed by atoms with Crippen LogP contribution in [0, 0.1) is 5.41 Å². The minimum atomic E-state index is 0.194. The zero-order valence-electron chi connectivity index (χ0n) is 11.8. The maximum absolute atomic E-state index is 4.50. The van der Waals surface area contributed by atoms with Crippen LogP contribution in [0.1, 0.15) is 27.7 Å². The Kier molecular flexibility index (Phi) is 3.71. The molecule has 0 aliphatic carbocycles. The second kappa shape index (κ2) is 5.11. The predicted octanol–water partition coefficient (Wildman–Crippen LogP) is 3.06. The lowest BCUT2D eigenvalue weighted by Gasteiger charge is -2.26. The van der Waals surface area contributed by atoms with Crippen molar-refractivity contribution in [3.8, 4) is 0 Å². The minimum Gasteiger partial charge on any atom is -0.314 e. The van der Waals surface area contributed by atoms with Crippen LogP contribution in [-0.4, -0.2) is 22.4 Å². The third-order valence-electron chi connectivity index (χ3n) is 3.12. The van der Waals surface area contributed by atoms with E-state index < -0.39 is 0 Å². The molecule has 0 radical (unpaired) electrons. The summed E-state index contributed by atoms with van der Waals surface area (Å²) < 4.78 is 2.11. The van der Waals surface area contributed by atoms with Crippen molar-refractivity contribution in [3.05, 3.63) is 30.5 Å². The molecule has 2 rings (SSSR count). The van der Waals surface area contributed by atoms with Gasteiger partial charge in [-0.1, -0.05) is 45.9 Å². The Morgan fingerprint density at radius 1 is 1.28 bits per heavy atom. The Balaban J connectivity index is 2.13. The molecule has 18 heavy (non-hydrogen) atoms. The average molecular weight is 245 g/mol. The van der Waals surface area contributed by atoms with Gasteiger partial charge in [-0.25, -0.2) is 0 Å². The summed E-state index contributed by atoms with van der Waals surface area (Å²) >= 11 is 0. The highest BCUT2D eigenvalue weighted by Crippen LogP contribution is 2.20. The van der Waals surface area contributed by atoms with Crippen LogP contribution in [0.5, 0.6) is 0 Å². The summed E-state index contributed by atoms with van der Waals surface area (Å²) in [6.07, 6.45) is 1.95. The molecule has 0 aliphatic rings. The molecule has 1 N–H and O–H groups in total. The quantitative estimate of drug-likeness (QED) is 0.877. The van der Waals surface area contributed by atoms with Crippen molar-refractivity contribution in [1.82, 2.24) is 15.1 Å². The Morgan fingerprint density at radius 2 is 2.00 bits per heavy atom. The SMILES string of the molecule is CC(C)NCC(C)(C)Cn1ncc2ccccc21. The standard InChI is InChI=1S/C15H23N3/c1-12(2)16-10-15(3,4)11-18-14-8-6-5-7-13(14)9-17-18/h5-9,12,16H,10-11H2,1-4H3. The maximum Gasteiger partial charge on any atom is 0.0682 e. The van der Waals surface area contributed by atoms with Gasteiger partial charge in [0.15, 0.2) is 0 Å². The van der Waals surface area contributed by atoms with E-state index in [0.717, 1.165) is 13.1 Å². The van der Waals surface area contributed by atoms with Gasteiger partial charge in [-0.05, 0) is 11.5 Å². The molecule has 0 atom stereocenters. The first-order chi connectivity index (χ1) is 8.48. The van der Waals surface area contributed by atoms with Gasteiger partial charge in [-0.15, -0.1) is 0 Å². The number of benzene rings is 1. The van der Waals surface area contributed by atoms with E-state index in [1.165, 1.54) is 10.9 Å². The normalized spacial score (nSPS) is 12.5. The zero-order chi connectivity index (χ0) is 13.2. The van der Waals surface area contributed by atoms with Crippen molar-refractivity contribution >= 4 is 10.9 Å². The van der Waals surface area contributed by atoms with Crippen LogP contribution in [0.4, 0.5) is 0 Å². The number of hydrogen-bond acceptors (Lipinski definition) is 2. The van der Waals surface area contributed by atoms with Crippen LogP contribution in [-0.2, 0) is 6.54 Å². The van der Waals surface area contributed by atoms with Gasteiger partial charge in [0.2, 0.25) is 0 Å². The number of hydrogen-bond donors (Lipinski definition) is 1. The molecule has 0 aliphatic heterocycles. The lowest BCUT2D eigenvalue weighted by Crippen LogP contribution is -2.36. The number of para-hydroxylation sites is 1. The number of nitrogens with one attached hydrogen (secondary N) is 1. The summed E-state index contributed by atoms with van der Waals surface area (Å²) in [7, 11) is 0. The fraction of sp³-hybridized carbons (Fsp3) is 0.533. The number of aromatic nitrogens is 2. The van der Waals surface area contributed by atoms with Crippen LogP contribution < -0.4 is 5.32 Å². The summed E-state index contributed by atoms with van der Waals surface area (Å²) in [5.41, 5.74) is 1.41. The minimum absolute atomic E-state index is 0.194. The second-order valence-corrected chi connectivity index (χ2v) is 6.06. The van der Waals surface area contributed by atoms with Crippen molar-refractivity contribution in [2.75, 3.05) is 6.54 Å². The van der Waals surface area contributed by atoms with Crippen LogP contribution in [0.2, 0.25) is 0 Å². The third kappa shape index (κ3) is 3.10. The monoisotopic (exact) mass is 245 g/mol. The van der Waals surface area contributed by atoms with Gasteiger partial charge in [0.05, 0.1) is 11.7 Å². The number of rotatable bonds is 5. The van der Waals surface area contributed by atoms with Crippen molar-refractivity contribution in [3.63, 3.8) is 0 Å². The van der Waals surface area contributed by atoms with Gasteiger partial charge in [0, 0.05) is 24.5 Å². The van der Waals surface area contributed by atoms with E-state index in [-0.39, 0.29) is 5.41 Å². The van der Waals surface area contributed by atoms with E-state index in [9.17, 15) is 0 Å². The van der Waals surface area contributed by atoms with Gasteiger partial charge in [0.1, 0.15) is 0 Å². The molecule has 2 aromatic rings. The predicted molar refractivity (Wildman–Crippen MR) is 76.7 cm³/mol. The Bertz CT molecular complexity index is 511. The molecule has 3 nitrogen and oxygen atoms in total. The van der Waals surface area contributed by atoms with Crippen molar-refractivity contribution < 1.29 is 0 Å². The van der Waals surface area contributed by atoms with E-state index in [1.54, 1.807) is 0 Å². The number of nitrogens with zero attached hydrogens (tertiary/aromatic N) is 2. The molecular weight excluding hydrogens is 222 g/mol. The third-order valence-corrected chi connectivity index (χ3v) is 3.12. The lowest BCUT2D eigenvalue weighted by molar-refractivity contribution is 0.273. The number of fused-ring (bicyclic) bond motifs is 1. The Labute approximate surface area is 109 Å². The molecule has 1 aromatic carbocycles. The molecule has 98 valence electrons. The Hall–Kier alpha value is -1.35. The summed E-state index contributed by atoms with van der Waals surface area (Å²) in [5, 5.41) is 9.21. The molecule has 3 heteroatoms. The first-order valence-corrected chi connectivity index (χ1v) is 6.62. The average Bonchev–Trinajstić information content (AvgIpc) is 2.70. The van der Waals surface area contributed by atoms with Crippen molar-refractivity contribution in [2.24, 2.45) is 5.41 Å². The molecule has 0 spiro atoms. The molecule has 0 saturated heterocycles. The van der Waals surface area contributed by atoms with Crippen LogP contribution in [0.3, 0.4) is 0 Å². The van der Waals surface area contributed by atoms with E-state index in [1.807, 2.05) is 6.20 Å². The molecule has 0 fully saturated rings. The van der Waals surface area contributed by atoms with E-state index in [4.69, 9.17) is 0 Å². The highest BCUT2D eigenvalue weighted by Gasteiger charge is 2.20. The van der Waals surface area contributed by atoms with E-state index >= 15 is 0 Å². The summed E-state index contributed by atoms with van der Waals surface area (Å²) in [5.74, 6) is 0. The fourth-order valence-electron chi connectivity index (χ4n) is 2.09. The van der Waals surface area contributed by atoms with Gasteiger partial charge >= 0.3 is 0 Å². The largest absolute Gasteiger partial charge is 0.314 e. The van der Waals surface area contributed by atoms with Crippen LogP contribution >= 0.6 is 0 Å². The van der Waals surface area contributed by atoms with Gasteiger partial charge in [-0.2, -0.15) is 5.10 Å². The van der Waals surface area contributed by atoms with Gasteiger partial charge in [0.25, 0.3) is 0 Å². The first kappa shape index (κ1) is 13.1. The molecule has 0 bridgehead atoms. The summed E-state index contributed by atoms with van der Waals surface area (Å²) in [6.45, 7) is 10.8. The van der Waals surface area contributed by atoms with Crippen LogP contribution in [0.25, 0.3) is 10.9 Å². The van der Waals surface area contributed by atoms with E-state index in [0.29, 0.717) is 6.04 Å². The topological polar surface area (TPSA) is 29.9 Å². The van der Waals surface area contributed by atoms with Crippen molar-refractivity contribution in [2.45, 2.75) is 40.3 Å². The molecule has 0 amide bonds. The Morgan fingerprint density at radius 3 is 2.72 bits per heavy atom.